The van der Waals surface area contributed by atoms with Crippen LogP contribution < -0.4 is 11.1 Å². The monoisotopic (exact) mass is 268 g/mol. The molecule has 1 amide bonds. The molecular formula is C16H16N2O2. The average Bonchev–Trinajstić information content (AvgIpc) is 2.46. The molecule has 0 fully saturated rings. The third kappa shape index (κ3) is 3.95. The van der Waals surface area contributed by atoms with Crippen LogP contribution in [-0.2, 0) is 4.79 Å². The van der Waals surface area contributed by atoms with Gasteiger partial charge in [0.2, 0.25) is 5.91 Å². The van der Waals surface area contributed by atoms with Crippen molar-refractivity contribution in [2.75, 3.05) is 11.1 Å². The number of para-hydroxylation sites is 1. The van der Waals surface area contributed by atoms with Gasteiger partial charge in [-0.25, -0.2) is 0 Å². The number of amides is 1. The highest BCUT2D eigenvalue weighted by Gasteiger charge is 2.09. The Morgan fingerprint density at radius 3 is 2.20 bits per heavy atom. The van der Waals surface area contributed by atoms with Gasteiger partial charge in [0.15, 0.2) is 5.78 Å². The molecule has 0 aliphatic rings. The molecule has 4 nitrogen and oxygen atoms in total. The Bertz CT molecular complexity index is 592. The Hall–Kier alpha value is -2.62. The summed E-state index contributed by atoms with van der Waals surface area (Å²) < 4.78 is 0. The Morgan fingerprint density at radius 1 is 0.900 bits per heavy atom. The van der Waals surface area contributed by atoms with E-state index in [2.05, 4.69) is 5.32 Å². The van der Waals surface area contributed by atoms with Crippen LogP contribution >= 0.6 is 0 Å². The lowest BCUT2D eigenvalue weighted by atomic mass is 10.1. The van der Waals surface area contributed by atoms with E-state index in [0.29, 0.717) is 11.3 Å². The lowest BCUT2D eigenvalue weighted by molar-refractivity contribution is -0.116. The zero-order valence-corrected chi connectivity index (χ0v) is 11.0. The van der Waals surface area contributed by atoms with Crippen molar-refractivity contribution in [2.24, 2.45) is 0 Å². The molecule has 2 aromatic rings. The van der Waals surface area contributed by atoms with Crippen molar-refractivity contribution in [3.8, 4) is 0 Å². The molecular weight excluding hydrogens is 252 g/mol. The number of nitrogen functional groups attached to an aromatic ring is 1. The van der Waals surface area contributed by atoms with Crippen LogP contribution in [0.5, 0.6) is 0 Å². The fraction of sp³-hybridized carbons (Fsp3) is 0.125. The first kappa shape index (κ1) is 13.8. The standard InChI is InChI=1S/C16H16N2O2/c17-13-8-6-12(7-9-13)15(19)10-11-16(20)18-14-4-2-1-3-5-14/h1-9H,10-11,17H2,(H,18,20). The maximum Gasteiger partial charge on any atom is 0.224 e. The largest absolute Gasteiger partial charge is 0.399 e. The first-order valence-corrected chi connectivity index (χ1v) is 6.39. The van der Waals surface area contributed by atoms with E-state index in [-0.39, 0.29) is 24.5 Å². The fourth-order valence-corrected chi connectivity index (χ4v) is 1.79. The molecule has 0 saturated carbocycles. The first-order valence-electron chi connectivity index (χ1n) is 6.39. The quantitative estimate of drug-likeness (QED) is 0.647. The van der Waals surface area contributed by atoms with Crippen LogP contribution in [0.1, 0.15) is 23.2 Å². The number of nitrogens with two attached hydrogens (primary N) is 1. The van der Waals surface area contributed by atoms with Crippen LogP contribution in [0.25, 0.3) is 0 Å². The summed E-state index contributed by atoms with van der Waals surface area (Å²) in [7, 11) is 0. The molecule has 2 aromatic carbocycles. The molecule has 4 heteroatoms. The topological polar surface area (TPSA) is 72.2 Å². The van der Waals surface area contributed by atoms with Gasteiger partial charge in [-0.05, 0) is 36.4 Å². The summed E-state index contributed by atoms with van der Waals surface area (Å²) in [6, 6.07) is 15.9. The van der Waals surface area contributed by atoms with Crippen molar-refractivity contribution in [3.63, 3.8) is 0 Å². The van der Waals surface area contributed by atoms with E-state index < -0.39 is 0 Å². The smallest absolute Gasteiger partial charge is 0.224 e. The molecule has 0 spiro atoms. The summed E-state index contributed by atoms with van der Waals surface area (Å²) in [5.41, 5.74) is 7.48. The number of anilines is 2. The van der Waals surface area contributed by atoms with Gasteiger partial charge in [-0.2, -0.15) is 0 Å². The van der Waals surface area contributed by atoms with E-state index in [1.807, 2.05) is 18.2 Å². The highest BCUT2D eigenvalue weighted by atomic mass is 16.2. The van der Waals surface area contributed by atoms with Gasteiger partial charge >= 0.3 is 0 Å². The maximum absolute atomic E-state index is 11.9. The molecule has 20 heavy (non-hydrogen) atoms. The molecule has 0 saturated heterocycles. The Kier molecular flexibility index (Phi) is 4.50. The second-order valence-electron chi connectivity index (χ2n) is 4.46. The number of nitrogens with one attached hydrogen (secondary N) is 1. The van der Waals surface area contributed by atoms with Crippen molar-refractivity contribution in [1.29, 1.82) is 0 Å². The average molecular weight is 268 g/mol. The predicted molar refractivity (Wildman–Crippen MR) is 79.5 cm³/mol. The Balaban J connectivity index is 1.84. The molecule has 0 aliphatic carbocycles. The third-order valence-corrected chi connectivity index (χ3v) is 2.87. The molecule has 0 unspecified atom stereocenters. The lowest BCUT2D eigenvalue weighted by Gasteiger charge is -2.05. The molecule has 0 atom stereocenters. The molecule has 0 radical (unpaired) electrons. The van der Waals surface area contributed by atoms with Gasteiger partial charge in [0.25, 0.3) is 0 Å². The molecule has 0 aliphatic heterocycles. The number of benzene rings is 2. The molecule has 102 valence electrons. The minimum absolute atomic E-state index is 0.0618. The number of rotatable bonds is 5. The zero-order chi connectivity index (χ0) is 14.4. The van der Waals surface area contributed by atoms with Crippen LogP contribution in [0.15, 0.2) is 54.6 Å². The van der Waals surface area contributed by atoms with E-state index >= 15 is 0 Å². The SMILES string of the molecule is Nc1ccc(C(=O)CCC(=O)Nc2ccccc2)cc1. The van der Waals surface area contributed by atoms with Crippen LogP contribution in [-0.4, -0.2) is 11.7 Å². The number of carbonyl (C=O) groups excluding carboxylic acids is 2. The van der Waals surface area contributed by atoms with Gasteiger partial charge < -0.3 is 11.1 Å². The minimum atomic E-state index is -0.167. The molecule has 0 heterocycles. The normalized spacial score (nSPS) is 10.0. The summed E-state index contributed by atoms with van der Waals surface area (Å²) >= 11 is 0. The van der Waals surface area contributed by atoms with Crippen LogP contribution in [0.3, 0.4) is 0 Å². The second-order valence-corrected chi connectivity index (χ2v) is 4.46. The molecule has 0 aromatic heterocycles. The Labute approximate surface area is 117 Å². The zero-order valence-electron chi connectivity index (χ0n) is 11.0. The summed E-state index contributed by atoms with van der Waals surface area (Å²) in [4.78, 5) is 23.6. The Morgan fingerprint density at radius 2 is 1.55 bits per heavy atom. The summed E-state index contributed by atoms with van der Waals surface area (Å²) in [5, 5.41) is 2.75. The number of hydrogen-bond acceptors (Lipinski definition) is 3. The number of Topliss-reactive ketones (excluding diaryl/α,β-unsaturated/α-hetero) is 1. The fourth-order valence-electron chi connectivity index (χ4n) is 1.79. The van der Waals surface area contributed by atoms with Crippen LogP contribution in [0.4, 0.5) is 11.4 Å². The van der Waals surface area contributed by atoms with Crippen molar-refractivity contribution < 1.29 is 9.59 Å². The number of ketones is 1. The van der Waals surface area contributed by atoms with Crippen molar-refractivity contribution in [2.45, 2.75) is 12.8 Å². The van der Waals surface area contributed by atoms with E-state index in [1.54, 1.807) is 36.4 Å². The molecule has 3 N–H and O–H groups in total. The summed E-state index contributed by atoms with van der Waals surface area (Å²) in [6.07, 6.45) is 0.348. The van der Waals surface area contributed by atoms with Gasteiger partial charge in [-0.15, -0.1) is 0 Å². The summed E-state index contributed by atoms with van der Waals surface area (Å²) in [5.74, 6) is -0.229. The van der Waals surface area contributed by atoms with Gasteiger partial charge in [-0.3, -0.25) is 9.59 Å². The molecule has 2 rings (SSSR count). The van der Waals surface area contributed by atoms with Crippen molar-refractivity contribution >= 4 is 23.1 Å². The molecule has 0 bridgehead atoms. The third-order valence-electron chi connectivity index (χ3n) is 2.87. The van der Waals surface area contributed by atoms with Gasteiger partial charge in [-0.1, -0.05) is 18.2 Å². The predicted octanol–water partition coefficient (Wildman–Crippen LogP) is 2.87. The number of carbonyl (C=O) groups is 2. The van der Waals surface area contributed by atoms with Gasteiger partial charge in [0, 0.05) is 29.8 Å². The maximum atomic E-state index is 11.9. The van der Waals surface area contributed by atoms with Gasteiger partial charge in [0.05, 0.1) is 0 Å². The van der Waals surface area contributed by atoms with Crippen molar-refractivity contribution in [3.05, 3.63) is 60.2 Å². The first-order chi connectivity index (χ1) is 9.65. The highest BCUT2D eigenvalue weighted by molar-refractivity contribution is 6.00. The van der Waals surface area contributed by atoms with E-state index in [0.717, 1.165) is 5.69 Å². The van der Waals surface area contributed by atoms with Crippen molar-refractivity contribution in [1.82, 2.24) is 0 Å². The van der Waals surface area contributed by atoms with Gasteiger partial charge in [0.1, 0.15) is 0 Å². The second kappa shape index (κ2) is 6.52. The van der Waals surface area contributed by atoms with E-state index in [1.165, 1.54) is 0 Å². The number of hydrogen-bond donors (Lipinski definition) is 2. The van der Waals surface area contributed by atoms with Crippen LogP contribution in [0.2, 0.25) is 0 Å². The summed E-state index contributed by atoms with van der Waals surface area (Å²) in [6.45, 7) is 0. The van der Waals surface area contributed by atoms with E-state index in [4.69, 9.17) is 5.73 Å². The minimum Gasteiger partial charge on any atom is -0.399 e. The highest BCUT2D eigenvalue weighted by Crippen LogP contribution is 2.10. The lowest BCUT2D eigenvalue weighted by Crippen LogP contribution is -2.13. The van der Waals surface area contributed by atoms with Crippen LogP contribution in [0, 0.1) is 0 Å². The van der Waals surface area contributed by atoms with E-state index in [9.17, 15) is 9.59 Å².